The number of aromatic amines is 1. The first kappa shape index (κ1) is 14.5. The molecule has 0 bridgehead atoms. The lowest BCUT2D eigenvalue weighted by Crippen LogP contribution is -2.24. The Kier molecular flexibility index (Phi) is 4.03. The lowest BCUT2D eigenvalue weighted by molar-refractivity contribution is 0.243. The molecule has 3 rings (SSSR count). The van der Waals surface area contributed by atoms with Gasteiger partial charge in [-0.3, -0.25) is 9.69 Å². The number of nitrogens with one attached hydrogen (secondary N) is 1. The highest BCUT2D eigenvalue weighted by atomic mass is 16.1. The fourth-order valence-electron chi connectivity index (χ4n) is 3.01. The van der Waals surface area contributed by atoms with Gasteiger partial charge in [0.1, 0.15) is 0 Å². The molecule has 1 N–H and O–H groups in total. The van der Waals surface area contributed by atoms with E-state index in [1.165, 1.54) is 6.07 Å². The van der Waals surface area contributed by atoms with E-state index < -0.39 is 0 Å². The predicted octanol–water partition coefficient (Wildman–Crippen LogP) is 2.29. The summed E-state index contributed by atoms with van der Waals surface area (Å²) in [7, 11) is 0. The summed E-state index contributed by atoms with van der Waals surface area (Å²) in [6.45, 7) is 3.74. The molecule has 5 heteroatoms. The van der Waals surface area contributed by atoms with Crippen LogP contribution in [0.25, 0.3) is 0 Å². The molecular formula is C17H18N4O. The van der Waals surface area contributed by atoms with E-state index in [4.69, 9.17) is 5.26 Å². The second kappa shape index (κ2) is 6.12. The highest BCUT2D eigenvalue weighted by Gasteiger charge is 2.27. The van der Waals surface area contributed by atoms with Gasteiger partial charge in [0.2, 0.25) is 0 Å². The molecule has 0 radical (unpaired) electrons. The average molecular weight is 294 g/mol. The van der Waals surface area contributed by atoms with E-state index in [9.17, 15) is 4.79 Å². The lowest BCUT2D eigenvalue weighted by atomic mass is 10.0. The van der Waals surface area contributed by atoms with Crippen molar-refractivity contribution in [1.29, 1.82) is 5.26 Å². The standard InChI is InChI=1S/C17H18N4O/c1-12-4-5-13(9-14(12)10-18)11-21-8-2-3-16(21)15-6-7-17(22)20-19-15/h4-7,9,16H,2-3,8,11H2,1H3,(H,20,22). The molecule has 1 atom stereocenters. The number of hydrogen-bond acceptors (Lipinski definition) is 4. The van der Waals surface area contributed by atoms with Crippen molar-refractivity contribution in [1.82, 2.24) is 15.1 Å². The molecule has 22 heavy (non-hydrogen) atoms. The maximum absolute atomic E-state index is 11.1. The van der Waals surface area contributed by atoms with E-state index >= 15 is 0 Å². The molecule has 1 unspecified atom stereocenters. The van der Waals surface area contributed by atoms with Crippen LogP contribution in [0.4, 0.5) is 0 Å². The number of hydrogen-bond donors (Lipinski definition) is 1. The third kappa shape index (κ3) is 2.92. The highest BCUT2D eigenvalue weighted by molar-refractivity contribution is 5.39. The average Bonchev–Trinajstić information content (AvgIpc) is 2.98. The number of likely N-dealkylation sites (tertiary alicyclic amines) is 1. The van der Waals surface area contributed by atoms with Crippen LogP contribution < -0.4 is 5.56 Å². The van der Waals surface area contributed by atoms with Crippen LogP contribution >= 0.6 is 0 Å². The van der Waals surface area contributed by atoms with E-state index in [1.54, 1.807) is 6.07 Å². The molecule has 2 heterocycles. The number of aryl methyl sites for hydroxylation is 1. The molecule has 1 aromatic heterocycles. The minimum absolute atomic E-state index is 0.175. The Hall–Kier alpha value is -2.45. The van der Waals surface area contributed by atoms with Crippen molar-refractivity contribution in [2.24, 2.45) is 0 Å². The molecule has 2 aromatic rings. The number of aromatic nitrogens is 2. The van der Waals surface area contributed by atoms with Crippen LogP contribution in [0.3, 0.4) is 0 Å². The molecule has 0 saturated carbocycles. The zero-order valence-corrected chi connectivity index (χ0v) is 12.5. The molecule has 1 aromatic carbocycles. The number of nitrogens with zero attached hydrogens (tertiary/aromatic N) is 3. The van der Waals surface area contributed by atoms with Gasteiger partial charge in [0.25, 0.3) is 5.56 Å². The minimum Gasteiger partial charge on any atom is -0.290 e. The summed E-state index contributed by atoms with van der Waals surface area (Å²) in [6.07, 6.45) is 2.15. The van der Waals surface area contributed by atoms with Crippen molar-refractivity contribution in [3.63, 3.8) is 0 Å². The zero-order valence-electron chi connectivity index (χ0n) is 12.5. The Morgan fingerprint density at radius 3 is 3.00 bits per heavy atom. The Labute approximate surface area is 129 Å². The van der Waals surface area contributed by atoms with E-state index in [0.29, 0.717) is 0 Å². The van der Waals surface area contributed by atoms with Gasteiger partial charge in [0, 0.05) is 12.6 Å². The van der Waals surface area contributed by atoms with E-state index in [-0.39, 0.29) is 11.6 Å². The second-order valence-electron chi connectivity index (χ2n) is 5.74. The molecule has 1 aliphatic rings. The molecule has 0 spiro atoms. The number of H-pyrrole nitrogens is 1. The Bertz CT molecular complexity index is 754. The van der Waals surface area contributed by atoms with Gasteiger partial charge >= 0.3 is 0 Å². The van der Waals surface area contributed by atoms with Crippen molar-refractivity contribution in [3.05, 3.63) is 63.1 Å². The van der Waals surface area contributed by atoms with Crippen LogP contribution in [0, 0.1) is 18.3 Å². The van der Waals surface area contributed by atoms with Gasteiger partial charge in [-0.15, -0.1) is 0 Å². The summed E-state index contributed by atoms with van der Waals surface area (Å²) in [5.41, 5.74) is 3.61. The largest absolute Gasteiger partial charge is 0.290 e. The Balaban J connectivity index is 1.81. The van der Waals surface area contributed by atoms with Gasteiger partial charge in [0.05, 0.1) is 23.4 Å². The monoisotopic (exact) mass is 294 g/mol. The van der Waals surface area contributed by atoms with Crippen LogP contribution in [0.5, 0.6) is 0 Å². The van der Waals surface area contributed by atoms with Crippen LogP contribution in [-0.4, -0.2) is 21.6 Å². The zero-order chi connectivity index (χ0) is 15.5. The minimum atomic E-state index is -0.175. The number of rotatable bonds is 3. The van der Waals surface area contributed by atoms with Gasteiger partial charge in [0.15, 0.2) is 0 Å². The molecule has 112 valence electrons. The molecule has 0 amide bonds. The number of benzene rings is 1. The third-order valence-corrected chi connectivity index (χ3v) is 4.21. The SMILES string of the molecule is Cc1ccc(CN2CCCC2c2ccc(=O)[nH]n2)cc1C#N. The van der Waals surface area contributed by atoms with Gasteiger partial charge in [-0.25, -0.2) is 5.10 Å². The first-order valence-corrected chi connectivity index (χ1v) is 7.46. The van der Waals surface area contributed by atoms with Crippen molar-refractivity contribution in [2.45, 2.75) is 32.4 Å². The maximum atomic E-state index is 11.1. The smallest absolute Gasteiger partial charge is 0.264 e. The van der Waals surface area contributed by atoms with Gasteiger partial charge in [-0.1, -0.05) is 12.1 Å². The summed E-state index contributed by atoms with van der Waals surface area (Å²) in [4.78, 5) is 13.5. The Morgan fingerprint density at radius 2 is 2.27 bits per heavy atom. The lowest BCUT2D eigenvalue weighted by Gasteiger charge is -2.24. The normalized spacial score (nSPS) is 18.3. The summed E-state index contributed by atoms with van der Waals surface area (Å²) in [5.74, 6) is 0. The molecule has 1 fully saturated rings. The first-order chi connectivity index (χ1) is 10.7. The molecule has 5 nitrogen and oxygen atoms in total. The third-order valence-electron chi connectivity index (χ3n) is 4.21. The Morgan fingerprint density at radius 1 is 1.41 bits per heavy atom. The van der Waals surface area contributed by atoms with Crippen LogP contribution in [-0.2, 0) is 6.54 Å². The van der Waals surface area contributed by atoms with Crippen molar-refractivity contribution in [3.8, 4) is 6.07 Å². The first-order valence-electron chi connectivity index (χ1n) is 7.46. The van der Waals surface area contributed by atoms with E-state index in [0.717, 1.165) is 48.3 Å². The summed E-state index contributed by atoms with van der Waals surface area (Å²) in [5, 5.41) is 15.8. The molecule has 0 aliphatic carbocycles. The molecular weight excluding hydrogens is 276 g/mol. The summed E-state index contributed by atoms with van der Waals surface area (Å²) >= 11 is 0. The van der Waals surface area contributed by atoms with E-state index in [2.05, 4.69) is 27.2 Å². The second-order valence-corrected chi connectivity index (χ2v) is 5.74. The fraction of sp³-hybridized carbons (Fsp3) is 0.353. The summed E-state index contributed by atoms with van der Waals surface area (Å²) in [6, 6.07) is 11.8. The van der Waals surface area contributed by atoms with Crippen LogP contribution in [0.15, 0.2) is 35.1 Å². The van der Waals surface area contributed by atoms with Crippen molar-refractivity contribution in [2.75, 3.05) is 6.54 Å². The maximum Gasteiger partial charge on any atom is 0.264 e. The van der Waals surface area contributed by atoms with Gasteiger partial charge in [-0.2, -0.15) is 10.4 Å². The van der Waals surface area contributed by atoms with Crippen molar-refractivity contribution < 1.29 is 0 Å². The molecule has 1 aliphatic heterocycles. The van der Waals surface area contributed by atoms with Crippen molar-refractivity contribution >= 4 is 0 Å². The van der Waals surface area contributed by atoms with Gasteiger partial charge < -0.3 is 0 Å². The fourth-order valence-corrected chi connectivity index (χ4v) is 3.01. The number of nitriles is 1. The predicted molar refractivity (Wildman–Crippen MR) is 83.1 cm³/mol. The van der Waals surface area contributed by atoms with Crippen LogP contribution in [0.1, 0.15) is 41.3 Å². The van der Waals surface area contributed by atoms with Crippen LogP contribution in [0.2, 0.25) is 0 Å². The summed E-state index contributed by atoms with van der Waals surface area (Å²) < 4.78 is 0. The quantitative estimate of drug-likeness (QED) is 0.942. The van der Waals surface area contributed by atoms with Gasteiger partial charge in [-0.05, 0) is 49.6 Å². The highest BCUT2D eigenvalue weighted by Crippen LogP contribution is 2.31. The topological polar surface area (TPSA) is 72.8 Å². The van der Waals surface area contributed by atoms with E-state index in [1.807, 2.05) is 19.1 Å². The molecule has 1 saturated heterocycles.